The normalized spacial score (nSPS) is 16.6. The summed E-state index contributed by atoms with van der Waals surface area (Å²) in [6, 6.07) is 5.79. The first-order valence-corrected chi connectivity index (χ1v) is 11.0. The Labute approximate surface area is 175 Å². The van der Waals surface area contributed by atoms with Gasteiger partial charge in [0.25, 0.3) is 0 Å². The lowest BCUT2D eigenvalue weighted by atomic mass is 10.1. The SMILES string of the molecule is COc1ccc(NC(=O)CSc2nnc(N3CCCCC3)n2C2CC2)cc1OC. The number of nitrogens with one attached hydrogen (secondary N) is 1. The average molecular weight is 418 g/mol. The maximum Gasteiger partial charge on any atom is 0.234 e. The van der Waals surface area contributed by atoms with Crippen molar-refractivity contribution >= 4 is 29.3 Å². The van der Waals surface area contributed by atoms with E-state index in [9.17, 15) is 4.79 Å². The van der Waals surface area contributed by atoms with E-state index in [1.807, 2.05) is 0 Å². The fraction of sp³-hybridized carbons (Fsp3) is 0.550. The zero-order chi connectivity index (χ0) is 20.2. The smallest absolute Gasteiger partial charge is 0.234 e. The van der Waals surface area contributed by atoms with E-state index in [0.29, 0.717) is 23.2 Å². The van der Waals surface area contributed by atoms with Crippen LogP contribution in [0.2, 0.25) is 0 Å². The second kappa shape index (κ2) is 8.94. The molecule has 0 bridgehead atoms. The summed E-state index contributed by atoms with van der Waals surface area (Å²) >= 11 is 1.44. The highest BCUT2D eigenvalue weighted by Gasteiger charge is 2.32. The lowest BCUT2D eigenvalue weighted by Crippen LogP contribution is -2.32. The van der Waals surface area contributed by atoms with Crippen molar-refractivity contribution in [3.8, 4) is 11.5 Å². The summed E-state index contributed by atoms with van der Waals surface area (Å²) in [5, 5.41) is 12.6. The van der Waals surface area contributed by atoms with E-state index in [-0.39, 0.29) is 11.7 Å². The van der Waals surface area contributed by atoms with E-state index < -0.39 is 0 Å². The van der Waals surface area contributed by atoms with E-state index in [2.05, 4.69) is 25.0 Å². The molecule has 9 heteroatoms. The fourth-order valence-corrected chi connectivity index (χ4v) is 4.37. The topological polar surface area (TPSA) is 81.5 Å². The number of amides is 1. The molecule has 1 aromatic heterocycles. The molecule has 2 fully saturated rings. The number of methoxy groups -OCH3 is 2. The number of ether oxygens (including phenoxy) is 2. The molecule has 0 radical (unpaired) electrons. The third kappa shape index (κ3) is 4.60. The molecule has 0 unspecified atom stereocenters. The summed E-state index contributed by atoms with van der Waals surface area (Å²) in [5.74, 6) is 2.36. The number of piperidine rings is 1. The molecule has 1 amide bonds. The zero-order valence-electron chi connectivity index (χ0n) is 16.9. The van der Waals surface area contributed by atoms with Gasteiger partial charge in [0.05, 0.1) is 20.0 Å². The van der Waals surface area contributed by atoms with Crippen LogP contribution in [0.15, 0.2) is 23.4 Å². The summed E-state index contributed by atoms with van der Waals surface area (Å²) in [6.07, 6.45) is 6.00. The zero-order valence-corrected chi connectivity index (χ0v) is 17.7. The minimum Gasteiger partial charge on any atom is -0.493 e. The van der Waals surface area contributed by atoms with Crippen molar-refractivity contribution in [1.82, 2.24) is 14.8 Å². The molecule has 4 rings (SSSR count). The maximum atomic E-state index is 12.5. The van der Waals surface area contributed by atoms with Gasteiger partial charge in [-0.1, -0.05) is 11.8 Å². The number of anilines is 2. The molecule has 1 N–H and O–H groups in total. The summed E-state index contributed by atoms with van der Waals surface area (Å²) in [7, 11) is 3.16. The van der Waals surface area contributed by atoms with Crippen LogP contribution in [0.5, 0.6) is 11.5 Å². The van der Waals surface area contributed by atoms with Crippen molar-refractivity contribution in [2.24, 2.45) is 0 Å². The minimum atomic E-state index is -0.0907. The van der Waals surface area contributed by atoms with Gasteiger partial charge in [-0.3, -0.25) is 9.36 Å². The molecule has 0 spiro atoms. The number of nitrogens with zero attached hydrogens (tertiary/aromatic N) is 4. The first-order chi connectivity index (χ1) is 14.2. The molecule has 1 saturated heterocycles. The monoisotopic (exact) mass is 417 g/mol. The third-order valence-electron chi connectivity index (χ3n) is 5.20. The molecule has 2 heterocycles. The predicted molar refractivity (Wildman–Crippen MR) is 113 cm³/mol. The number of rotatable bonds is 8. The van der Waals surface area contributed by atoms with Gasteiger partial charge in [-0.25, -0.2) is 0 Å². The molecule has 0 atom stereocenters. The van der Waals surface area contributed by atoms with Gasteiger partial charge >= 0.3 is 0 Å². The molecular formula is C20H27N5O3S. The number of aromatic nitrogens is 3. The summed E-state index contributed by atoms with van der Waals surface area (Å²) in [4.78, 5) is 14.8. The highest BCUT2D eigenvalue weighted by Crippen LogP contribution is 2.41. The molecule has 2 aliphatic rings. The van der Waals surface area contributed by atoms with Crippen molar-refractivity contribution in [1.29, 1.82) is 0 Å². The Kier molecular flexibility index (Phi) is 6.13. The van der Waals surface area contributed by atoms with Crippen molar-refractivity contribution in [2.45, 2.75) is 43.3 Å². The van der Waals surface area contributed by atoms with Crippen molar-refractivity contribution in [3.05, 3.63) is 18.2 Å². The van der Waals surface area contributed by atoms with Crippen LogP contribution < -0.4 is 19.7 Å². The number of thioether (sulfide) groups is 1. The van der Waals surface area contributed by atoms with Gasteiger partial charge < -0.3 is 19.7 Å². The Hall–Kier alpha value is -2.42. The van der Waals surface area contributed by atoms with E-state index in [0.717, 1.165) is 37.0 Å². The second-order valence-electron chi connectivity index (χ2n) is 7.34. The Morgan fingerprint density at radius 1 is 1.14 bits per heavy atom. The van der Waals surface area contributed by atoms with Crippen LogP contribution in [-0.2, 0) is 4.79 Å². The third-order valence-corrected chi connectivity index (χ3v) is 6.14. The number of hydrogen-bond acceptors (Lipinski definition) is 7. The first-order valence-electron chi connectivity index (χ1n) is 10.0. The van der Waals surface area contributed by atoms with Gasteiger partial charge in [0, 0.05) is 30.9 Å². The van der Waals surface area contributed by atoms with Crippen LogP contribution in [0.3, 0.4) is 0 Å². The van der Waals surface area contributed by atoms with E-state index in [4.69, 9.17) is 9.47 Å². The van der Waals surface area contributed by atoms with Gasteiger partial charge in [-0.05, 0) is 44.2 Å². The minimum absolute atomic E-state index is 0.0907. The number of carbonyl (C=O) groups excluding carboxylic acids is 1. The number of benzene rings is 1. The predicted octanol–water partition coefficient (Wildman–Crippen LogP) is 3.35. The van der Waals surface area contributed by atoms with Crippen molar-refractivity contribution in [3.63, 3.8) is 0 Å². The van der Waals surface area contributed by atoms with E-state index in [1.165, 1.54) is 31.0 Å². The van der Waals surface area contributed by atoms with Gasteiger partial charge in [0.2, 0.25) is 11.9 Å². The second-order valence-corrected chi connectivity index (χ2v) is 8.28. The van der Waals surface area contributed by atoms with Crippen molar-refractivity contribution in [2.75, 3.05) is 43.3 Å². The summed E-state index contributed by atoms with van der Waals surface area (Å²) in [6.45, 7) is 2.07. The lowest BCUT2D eigenvalue weighted by molar-refractivity contribution is -0.113. The Morgan fingerprint density at radius 2 is 1.90 bits per heavy atom. The Bertz CT molecular complexity index is 862. The van der Waals surface area contributed by atoms with Crippen LogP contribution in [-0.4, -0.2) is 53.7 Å². The van der Waals surface area contributed by atoms with Gasteiger partial charge in [-0.2, -0.15) is 0 Å². The van der Waals surface area contributed by atoms with E-state index in [1.54, 1.807) is 32.4 Å². The van der Waals surface area contributed by atoms with Crippen LogP contribution in [0.1, 0.15) is 38.1 Å². The largest absolute Gasteiger partial charge is 0.493 e. The van der Waals surface area contributed by atoms with E-state index >= 15 is 0 Å². The van der Waals surface area contributed by atoms with Gasteiger partial charge in [0.1, 0.15) is 0 Å². The molecular weight excluding hydrogens is 390 g/mol. The fourth-order valence-electron chi connectivity index (χ4n) is 3.57. The average Bonchev–Trinajstić information content (AvgIpc) is 3.51. The molecule has 1 aromatic carbocycles. The summed E-state index contributed by atoms with van der Waals surface area (Å²) in [5.41, 5.74) is 0.672. The molecule has 1 aliphatic heterocycles. The van der Waals surface area contributed by atoms with Crippen LogP contribution in [0, 0.1) is 0 Å². The first kappa shape index (κ1) is 19.9. The maximum absolute atomic E-state index is 12.5. The Balaban J connectivity index is 1.40. The van der Waals surface area contributed by atoms with Gasteiger partial charge in [0.15, 0.2) is 16.7 Å². The van der Waals surface area contributed by atoms with Crippen LogP contribution >= 0.6 is 11.8 Å². The molecule has 1 aliphatic carbocycles. The quantitative estimate of drug-likeness (QED) is 0.660. The molecule has 156 valence electrons. The summed E-state index contributed by atoms with van der Waals surface area (Å²) < 4.78 is 12.8. The highest BCUT2D eigenvalue weighted by atomic mass is 32.2. The molecule has 2 aromatic rings. The molecule has 8 nitrogen and oxygen atoms in total. The lowest BCUT2D eigenvalue weighted by Gasteiger charge is -2.27. The Morgan fingerprint density at radius 3 is 2.59 bits per heavy atom. The molecule has 1 saturated carbocycles. The van der Waals surface area contributed by atoms with Crippen LogP contribution in [0.25, 0.3) is 0 Å². The standard InChI is InChI=1S/C20H27N5O3S/c1-27-16-9-6-14(12-17(16)28-2)21-18(26)13-29-20-23-22-19(25(20)15-7-8-15)24-10-4-3-5-11-24/h6,9,12,15H,3-5,7-8,10-11,13H2,1-2H3,(H,21,26). The van der Waals surface area contributed by atoms with Gasteiger partial charge in [-0.15, -0.1) is 10.2 Å². The number of hydrogen-bond donors (Lipinski definition) is 1. The van der Waals surface area contributed by atoms with Crippen molar-refractivity contribution < 1.29 is 14.3 Å². The molecule has 29 heavy (non-hydrogen) atoms. The van der Waals surface area contributed by atoms with Crippen LogP contribution in [0.4, 0.5) is 11.6 Å². The number of carbonyl (C=O) groups is 1. The highest BCUT2D eigenvalue weighted by molar-refractivity contribution is 7.99.